The van der Waals surface area contributed by atoms with Crippen LogP contribution in [0.1, 0.15) is 67.9 Å². The molecular formula is C25H32N2O5S. The van der Waals surface area contributed by atoms with E-state index in [0.717, 1.165) is 31.2 Å². The Morgan fingerprint density at radius 2 is 1.79 bits per heavy atom. The van der Waals surface area contributed by atoms with Crippen molar-refractivity contribution < 1.29 is 22.7 Å². The number of fused-ring (bicyclic) bond motifs is 1. The van der Waals surface area contributed by atoms with Gasteiger partial charge < -0.3 is 14.4 Å². The fraction of sp³-hybridized carbons (Fsp3) is 0.480. The Hall–Kier alpha value is -2.58. The van der Waals surface area contributed by atoms with E-state index in [0.29, 0.717) is 31.0 Å². The largest absolute Gasteiger partial charge is 0.496 e. The maximum Gasteiger partial charge on any atom is 0.257 e. The molecule has 2 aromatic carbocycles. The molecule has 2 aliphatic rings. The lowest BCUT2D eigenvalue weighted by Crippen LogP contribution is -2.41. The van der Waals surface area contributed by atoms with Crippen LogP contribution in [-0.4, -0.2) is 45.0 Å². The zero-order valence-corrected chi connectivity index (χ0v) is 20.3. The van der Waals surface area contributed by atoms with Gasteiger partial charge in [0.15, 0.2) is 0 Å². The molecule has 7 nitrogen and oxygen atoms in total. The van der Waals surface area contributed by atoms with E-state index in [1.807, 2.05) is 38.1 Å². The number of carbonyl (C=O) groups excluding carboxylic acids is 1. The van der Waals surface area contributed by atoms with Gasteiger partial charge in [0, 0.05) is 25.1 Å². The summed E-state index contributed by atoms with van der Waals surface area (Å²) in [5.74, 6) is 0.859. The molecule has 0 spiro atoms. The van der Waals surface area contributed by atoms with Crippen molar-refractivity contribution >= 4 is 15.9 Å². The zero-order valence-electron chi connectivity index (χ0n) is 19.5. The molecule has 1 saturated heterocycles. The lowest BCUT2D eigenvalue weighted by Gasteiger charge is -2.37. The predicted octanol–water partition coefficient (Wildman–Crippen LogP) is 4.29. The minimum absolute atomic E-state index is 0.0447. The van der Waals surface area contributed by atoms with Gasteiger partial charge in [-0.3, -0.25) is 4.79 Å². The molecule has 0 bridgehead atoms. The van der Waals surface area contributed by atoms with Gasteiger partial charge in [0.25, 0.3) is 5.91 Å². The normalized spacial score (nSPS) is 20.3. The summed E-state index contributed by atoms with van der Waals surface area (Å²) < 4.78 is 41.1. The van der Waals surface area contributed by atoms with E-state index < -0.39 is 21.7 Å². The van der Waals surface area contributed by atoms with Crippen LogP contribution in [0.5, 0.6) is 11.5 Å². The molecular weight excluding hydrogens is 440 g/mol. The van der Waals surface area contributed by atoms with Gasteiger partial charge in [-0.2, -0.15) is 0 Å². The Labute approximate surface area is 196 Å². The van der Waals surface area contributed by atoms with Gasteiger partial charge in [0.2, 0.25) is 10.0 Å². The Kier molecular flexibility index (Phi) is 6.68. The molecule has 1 unspecified atom stereocenters. The number of benzene rings is 2. The summed E-state index contributed by atoms with van der Waals surface area (Å²) >= 11 is 0. The monoisotopic (exact) mass is 472 g/mol. The maximum atomic E-state index is 13.4. The Morgan fingerprint density at radius 1 is 1.09 bits per heavy atom. The average molecular weight is 473 g/mol. The molecule has 1 fully saturated rings. The fourth-order valence-electron chi connectivity index (χ4n) is 4.63. The smallest absolute Gasteiger partial charge is 0.257 e. The van der Waals surface area contributed by atoms with Crippen LogP contribution in [0.25, 0.3) is 0 Å². The van der Waals surface area contributed by atoms with Crippen LogP contribution in [-0.2, 0) is 10.0 Å². The molecule has 2 aromatic rings. The van der Waals surface area contributed by atoms with E-state index in [1.165, 1.54) is 19.2 Å². The molecule has 0 aliphatic carbocycles. The van der Waals surface area contributed by atoms with E-state index in [9.17, 15) is 13.2 Å². The molecule has 178 valence electrons. The first kappa shape index (κ1) is 23.6. The summed E-state index contributed by atoms with van der Waals surface area (Å²) in [5, 5.41) is 0. The molecule has 1 amide bonds. The summed E-state index contributed by atoms with van der Waals surface area (Å²) in [4.78, 5) is 15.1. The van der Waals surface area contributed by atoms with Crippen molar-refractivity contribution in [1.29, 1.82) is 0 Å². The number of hydrogen-bond donors (Lipinski definition) is 1. The van der Waals surface area contributed by atoms with E-state index >= 15 is 0 Å². The number of amides is 1. The van der Waals surface area contributed by atoms with E-state index in [1.54, 1.807) is 11.0 Å². The van der Waals surface area contributed by atoms with E-state index in [2.05, 4.69) is 4.72 Å². The molecule has 2 heterocycles. The van der Waals surface area contributed by atoms with Crippen molar-refractivity contribution in [2.75, 3.05) is 20.2 Å². The second-order valence-corrected chi connectivity index (χ2v) is 11.1. The lowest BCUT2D eigenvalue weighted by atomic mass is 9.90. The first-order valence-electron chi connectivity index (χ1n) is 11.5. The first-order valence-corrected chi connectivity index (χ1v) is 13.0. The van der Waals surface area contributed by atoms with Crippen molar-refractivity contribution in [2.24, 2.45) is 0 Å². The number of nitrogens with one attached hydrogen (secondary N) is 1. The molecule has 0 aromatic heterocycles. The SMILES string of the molecule is COc1ccc(S(=O)(=O)NC2CC(C)(C)Oc3ccccc32)cc1C(=O)N1CCCCCC1. The third-order valence-corrected chi connectivity index (χ3v) is 7.75. The highest BCUT2D eigenvalue weighted by Crippen LogP contribution is 2.40. The summed E-state index contributed by atoms with van der Waals surface area (Å²) in [6, 6.07) is 11.5. The minimum Gasteiger partial charge on any atom is -0.496 e. The lowest BCUT2D eigenvalue weighted by molar-refractivity contribution is 0.0701. The average Bonchev–Trinajstić information content (AvgIpc) is 3.07. The van der Waals surface area contributed by atoms with Crippen LogP contribution in [0.3, 0.4) is 0 Å². The molecule has 33 heavy (non-hydrogen) atoms. The van der Waals surface area contributed by atoms with E-state index in [4.69, 9.17) is 9.47 Å². The maximum absolute atomic E-state index is 13.4. The van der Waals surface area contributed by atoms with Gasteiger partial charge in [-0.15, -0.1) is 0 Å². The van der Waals surface area contributed by atoms with E-state index in [-0.39, 0.29) is 16.4 Å². The highest BCUT2D eigenvalue weighted by molar-refractivity contribution is 7.89. The second kappa shape index (κ2) is 9.35. The Balaban J connectivity index is 1.64. The van der Waals surface area contributed by atoms with Crippen molar-refractivity contribution in [2.45, 2.75) is 62.5 Å². The Morgan fingerprint density at radius 3 is 2.48 bits per heavy atom. The number of ether oxygens (including phenoxy) is 2. The topological polar surface area (TPSA) is 84.9 Å². The molecule has 8 heteroatoms. The quantitative estimate of drug-likeness (QED) is 0.702. The summed E-state index contributed by atoms with van der Waals surface area (Å²) in [7, 11) is -2.42. The molecule has 1 N–H and O–H groups in total. The second-order valence-electron chi connectivity index (χ2n) is 9.35. The molecule has 4 rings (SSSR count). The molecule has 2 aliphatic heterocycles. The van der Waals surface area contributed by atoms with Crippen molar-refractivity contribution in [3.05, 3.63) is 53.6 Å². The minimum atomic E-state index is -3.90. The van der Waals surface area contributed by atoms with Crippen LogP contribution in [0.15, 0.2) is 47.4 Å². The van der Waals surface area contributed by atoms with Crippen molar-refractivity contribution in [3.8, 4) is 11.5 Å². The zero-order chi connectivity index (χ0) is 23.6. The third kappa shape index (κ3) is 5.17. The summed E-state index contributed by atoms with van der Waals surface area (Å²) in [6.45, 7) is 5.22. The number of hydrogen-bond acceptors (Lipinski definition) is 5. The highest BCUT2D eigenvalue weighted by Gasteiger charge is 2.36. The van der Waals surface area contributed by atoms with Crippen LogP contribution < -0.4 is 14.2 Å². The molecule has 1 atom stereocenters. The first-order chi connectivity index (χ1) is 15.7. The number of carbonyl (C=O) groups is 1. The van der Waals surface area contributed by atoms with Crippen LogP contribution in [0, 0.1) is 0 Å². The van der Waals surface area contributed by atoms with Gasteiger partial charge in [0.05, 0.1) is 23.6 Å². The van der Waals surface area contributed by atoms with Crippen molar-refractivity contribution in [1.82, 2.24) is 9.62 Å². The number of rotatable bonds is 5. The Bertz CT molecular complexity index is 1120. The van der Waals surface area contributed by atoms with Gasteiger partial charge in [-0.05, 0) is 51.0 Å². The number of nitrogens with zero attached hydrogens (tertiary/aromatic N) is 1. The number of sulfonamides is 1. The van der Waals surface area contributed by atoms with Gasteiger partial charge in [-0.25, -0.2) is 13.1 Å². The van der Waals surface area contributed by atoms with Gasteiger partial charge in [-0.1, -0.05) is 31.0 Å². The van der Waals surface area contributed by atoms with Crippen LogP contribution in [0.4, 0.5) is 0 Å². The fourth-order valence-corrected chi connectivity index (χ4v) is 5.87. The van der Waals surface area contributed by atoms with Crippen LogP contribution in [0.2, 0.25) is 0 Å². The predicted molar refractivity (Wildman–Crippen MR) is 126 cm³/mol. The third-order valence-electron chi connectivity index (χ3n) is 6.28. The standard InChI is InChI=1S/C25H32N2O5S/c1-25(2)17-21(19-10-6-7-11-23(19)32-25)26-33(29,30)18-12-13-22(31-3)20(16-18)24(28)27-14-8-4-5-9-15-27/h6-7,10-13,16,21,26H,4-5,8-9,14-15,17H2,1-3H3. The van der Waals surface area contributed by atoms with Crippen molar-refractivity contribution in [3.63, 3.8) is 0 Å². The number of para-hydroxylation sites is 1. The highest BCUT2D eigenvalue weighted by atomic mass is 32.2. The van der Waals surface area contributed by atoms with Gasteiger partial charge in [0.1, 0.15) is 17.1 Å². The number of likely N-dealkylation sites (tertiary alicyclic amines) is 1. The molecule has 0 radical (unpaired) electrons. The van der Waals surface area contributed by atoms with Crippen LogP contribution >= 0.6 is 0 Å². The summed E-state index contributed by atoms with van der Waals surface area (Å²) in [5.41, 5.74) is 0.555. The summed E-state index contributed by atoms with van der Waals surface area (Å²) in [6.07, 6.45) is 4.59. The molecule has 0 saturated carbocycles. The van der Waals surface area contributed by atoms with Gasteiger partial charge >= 0.3 is 0 Å². The number of methoxy groups -OCH3 is 1.